The molecule has 5 rings (SSSR count). The minimum atomic E-state index is -3.60. The lowest BCUT2D eigenvalue weighted by atomic mass is 9.88. The van der Waals surface area contributed by atoms with Gasteiger partial charge in [-0.05, 0) is 106 Å². The van der Waals surface area contributed by atoms with Gasteiger partial charge in [0.1, 0.15) is 47.7 Å². The van der Waals surface area contributed by atoms with Crippen LogP contribution < -0.4 is 11.5 Å². The van der Waals surface area contributed by atoms with Crippen LogP contribution >= 0.6 is 0 Å². The van der Waals surface area contributed by atoms with E-state index in [1.165, 1.54) is 14.7 Å². The second-order valence-electron chi connectivity index (χ2n) is 21.2. The number of hydrogen-bond acceptors (Lipinski definition) is 19. The number of ether oxygens (including phenoxy) is 6. The molecule has 0 aromatic heterocycles. The van der Waals surface area contributed by atoms with Crippen LogP contribution in [0.4, 0.5) is 19.2 Å². The Morgan fingerprint density at radius 1 is 0.712 bits per heavy atom. The second-order valence-corrected chi connectivity index (χ2v) is 22.8. The van der Waals surface area contributed by atoms with E-state index in [0.29, 0.717) is 91.1 Å². The number of nitrogens with one attached hydrogen (secondary N) is 2. The average Bonchev–Trinajstić information content (AvgIpc) is 3.84. The summed E-state index contributed by atoms with van der Waals surface area (Å²) >= 11 is 0. The third kappa shape index (κ3) is 19.9. The molecule has 5 saturated heterocycles. The van der Waals surface area contributed by atoms with Gasteiger partial charge >= 0.3 is 36.3 Å². The van der Waals surface area contributed by atoms with Crippen molar-refractivity contribution in [3.8, 4) is 0 Å². The summed E-state index contributed by atoms with van der Waals surface area (Å²) in [6, 6.07) is -1.74. The molecule has 0 bridgehead atoms. The number of carbonyl (C=O) groups is 6. The number of rotatable bonds is 19. The molecule has 0 saturated carbocycles. The number of nitrogens with zero attached hydrogens (tertiary/aromatic N) is 6. The summed E-state index contributed by atoms with van der Waals surface area (Å²) in [6.07, 6.45) is 2.08. The van der Waals surface area contributed by atoms with Gasteiger partial charge in [-0.1, -0.05) is 0 Å². The van der Waals surface area contributed by atoms with Gasteiger partial charge in [0.05, 0.1) is 51.1 Å². The van der Waals surface area contributed by atoms with Crippen molar-refractivity contribution in [2.24, 2.45) is 23.3 Å². The Kier molecular flexibility index (Phi) is 22.2. The van der Waals surface area contributed by atoms with Crippen molar-refractivity contribution in [3.63, 3.8) is 0 Å². The molecule has 6 N–H and O–H groups in total. The van der Waals surface area contributed by atoms with E-state index in [1.807, 2.05) is 4.90 Å². The van der Waals surface area contributed by atoms with Gasteiger partial charge in [-0.15, -0.1) is 0 Å². The summed E-state index contributed by atoms with van der Waals surface area (Å²) < 4.78 is 58.8. The van der Waals surface area contributed by atoms with Crippen LogP contribution in [0.5, 0.6) is 0 Å². The quantitative estimate of drug-likeness (QED) is 0.0475. The van der Waals surface area contributed by atoms with Crippen molar-refractivity contribution >= 4 is 58.1 Å². The van der Waals surface area contributed by atoms with Gasteiger partial charge in [0.25, 0.3) is 10.1 Å². The zero-order chi connectivity index (χ0) is 54.4. The van der Waals surface area contributed by atoms with Gasteiger partial charge in [-0.25, -0.2) is 19.2 Å². The molecule has 7 unspecified atom stereocenters. The predicted octanol–water partition coefficient (Wildman–Crippen LogP) is 2.78. The van der Waals surface area contributed by atoms with Gasteiger partial charge in [-0.3, -0.25) is 44.2 Å². The molecule has 5 aliphatic rings. The molecule has 5 fully saturated rings. The largest absolute Gasteiger partial charge is 0.466 e. The average molecular weight is 1060 g/mol. The first-order chi connectivity index (χ1) is 34.1. The van der Waals surface area contributed by atoms with E-state index in [9.17, 15) is 37.2 Å². The lowest BCUT2D eigenvalue weighted by Gasteiger charge is -2.39. The minimum Gasteiger partial charge on any atom is -0.466 e. The summed E-state index contributed by atoms with van der Waals surface area (Å²) in [5, 5.41) is 15.9. The van der Waals surface area contributed by atoms with Crippen LogP contribution in [0.15, 0.2) is 0 Å². The molecule has 0 spiro atoms. The lowest BCUT2D eigenvalue weighted by Crippen LogP contribution is -2.54. The standard InChI is InChI=1S/C29H50N6O8.C18H32N4O7S/c1-6-40-24(36)17-23(26(37)41-7-2)33-14-12-32(13-15-33)18-21-19-34(27(38)42-21)10-8-20-9-11-35(22(16-20)25(30)31)28(39)43-29(3,4)5;1-18(2,3)29-17(24)22-8-6-12(9-14(22)15(19)20)5-7-21-10-13(28-16(21)23)11-27-30(4,25)26/h20-23H,6-19H2,1-5H3,(H3,30,31);12-14H,5-11H2,1-4H3,(H3,19,20). The molecule has 73 heavy (non-hydrogen) atoms. The number of amides is 4. The van der Waals surface area contributed by atoms with Gasteiger partial charge in [-0.2, -0.15) is 8.42 Å². The maximum absolute atomic E-state index is 12.7. The van der Waals surface area contributed by atoms with Crippen molar-refractivity contribution in [2.45, 2.75) is 142 Å². The molecule has 5 aliphatic heterocycles. The number of piperidine rings is 2. The Labute approximate surface area is 430 Å². The fraction of sp³-hybridized carbons (Fsp3) is 0.830. The van der Waals surface area contributed by atoms with Crippen LogP contribution in [0, 0.1) is 22.7 Å². The number of nitrogens with two attached hydrogens (primary N) is 2. The summed E-state index contributed by atoms with van der Waals surface area (Å²) in [5.41, 5.74) is 10.3. The Hall–Kier alpha value is -5.21. The van der Waals surface area contributed by atoms with E-state index in [1.54, 1.807) is 60.3 Å². The first-order valence-corrected chi connectivity index (χ1v) is 27.1. The highest BCUT2D eigenvalue weighted by Crippen LogP contribution is 2.30. The molecule has 25 nitrogen and oxygen atoms in total. The monoisotopic (exact) mass is 1060 g/mol. The van der Waals surface area contributed by atoms with Crippen molar-refractivity contribution in [2.75, 3.05) is 98.1 Å². The molecule has 0 aliphatic carbocycles. The van der Waals surface area contributed by atoms with Gasteiger partial charge < -0.3 is 49.7 Å². The molecule has 0 aromatic rings. The number of piperazine rings is 1. The summed E-state index contributed by atoms with van der Waals surface area (Å²) in [6.45, 7) is 20.1. The number of esters is 2. The van der Waals surface area contributed by atoms with Crippen LogP contribution in [0.25, 0.3) is 0 Å². The zero-order valence-corrected chi connectivity index (χ0v) is 45.1. The zero-order valence-electron chi connectivity index (χ0n) is 44.3. The second kappa shape index (κ2) is 26.8. The van der Waals surface area contributed by atoms with E-state index in [4.69, 9.17) is 54.9 Å². The summed E-state index contributed by atoms with van der Waals surface area (Å²) in [5.74, 6) is -0.637. The van der Waals surface area contributed by atoms with Gasteiger partial charge in [0.15, 0.2) is 0 Å². The minimum absolute atomic E-state index is 0.0466. The maximum Gasteiger partial charge on any atom is 0.410 e. The van der Waals surface area contributed by atoms with Crippen molar-refractivity contribution < 1.29 is 69.8 Å². The number of amidine groups is 2. The molecule has 0 aromatic carbocycles. The Balaban J connectivity index is 0.000000338. The van der Waals surface area contributed by atoms with E-state index >= 15 is 0 Å². The summed E-state index contributed by atoms with van der Waals surface area (Å²) in [7, 11) is -3.60. The summed E-state index contributed by atoms with van der Waals surface area (Å²) in [4.78, 5) is 84.8. The normalized spacial score (nSPS) is 24.7. The predicted molar refractivity (Wildman–Crippen MR) is 266 cm³/mol. The SMILES string of the molecule is CC(C)(C)OC(=O)N1CCC(CCN2CC(COS(C)(=O)=O)OC2=O)CC1C(=N)N.CCOC(=O)CC(C(=O)OCC)N1CCN(CC2CN(CCC3CCN(C(=O)OC(C)(C)C)C(C(=N)N)C3)C(=O)O2)CC1. The topological polar surface area (TPSA) is 320 Å². The number of hydrogen-bond donors (Lipinski definition) is 4. The Morgan fingerprint density at radius 2 is 1.16 bits per heavy atom. The molecular formula is C47H82N10O15S. The third-order valence-corrected chi connectivity index (χ3v) is 13.5. The fourth-order valence-electron chi connectivity index (χ4n) is 9.36. The van der Waals surface area contributed by atoms with Gasteiger partial charge in [0.2, 0.25) is 0 Å². The number of cyclic esters (lactones) is 2. The van der Waals surface area contributed by atoms with Crippen LogP contribution in [0.1, 0.15) is 100 Å². The van der Waals surface area contributed by atoms with E-state index in [2.05, 4.69) is 4.90 Å². The molecule has 7 atom stereocenters. The molecule has 0 radical (unpaired) electrons. The fourth-order valence-corrected chi connectivity index (χ4v) is 9.76. The van der Waals surface area contributed by atoms with E-state index in [-0.39, 0.29) is 68.5 Å². The van der Waals surface area contributed by atoms with Crippen LogP contribution in [0.3, 0.4) is 0 Å². The molecule has 4 amide bonds. The molecule has 416 valence electrons. The highest BCUT2D eigenvalue weighted by atomic mass is 32.2. The van der Waals surface area contributed by atoms with Crippen molar-refractivity contribution in [1.29, 1.82) is 10.8 Å². The number of likely N-dealkylation sites (tertiary alicyclic amines) is 2. The van der Waals surface area contributed by atoms with Crippen LogP contribution in [0.2, 0.25) is 0 Å². The maximum atomic E-state index is 12.7. The highest BCUT2D eigenvalue weighted by Gasteiger charge is 2.41. The molecule has 5 heterocycles. The first kappa shape index (κ1) is 60.3. The van der Waals surface area contributed by atoms with Crippen molar-refractivity contribution in [3.05, 3.63) is 0 Å². The lowest BCUT2D eigenvalue weighted by molar-refractivity contribution is -0.157. The Bertz CT molecular complexity index is 2040. The van der Waals surface area contributed by atoms with E-state index in [0.717, 1.165) is 19.1 Å². The molecular weight excluding hydrogens is 977 g/mol. The van der Waals surface area contributed by atoms with Gasteiger partial charge in [0, 0.05) is 58.9 Å². The van der Waals surface area contributed by atoms with Crippen LogP contribution in [-0.2, 0) is 52.3 Å². The Morgan fingerprint density at radius 3 is 1.59 bits per heavy atom. The molecule has 26 heteroatoms. The highest BCUT2D eigenvalue weighted by molar-refractivity contribution is 7.86. The first-order valence-electron chi connectivity index (χ1n) is 25.3. The third-order valence-electron chi connectivity index (χ3n) is 12.9. The number of carbonyl (C=O) groups excluding carboxylic acids is 6. The van der Waals surface area contributed by atoms with E-state index < -0.39 is 75.8 Å². The van der Waals surface area contributed by atoms with Crippen molar-refractivity contribution in [1.82, 2.24) is 29.4 Å². The smallest absolute Gasteiger partial charge is 0.410 e. The van der Waals surface area contributed by atoms with Crippen LogP contribution in [-0.4, -0.2) is 225 Å².